The van der Waals surface area contributed by atoms with Gasteiger partial charge in [-0.3, -0.25) is 4.68 Å². The first kappa shape index (κ1) is 12.6. The molecule has 0 bridgehead atoms. The molecule has 0 spiro atoms. The molecule has 0 radical (unpaired) electrons. The Morgan fingerprint density at radius 1 is 1.33 bits per heavy atom. The molecule has 1 aromatic heterocycles. The molecule has 18 heavy (non-hydrogen) atoms. The van der Waals surface area contributed by atoms with Crippen LogP contribution in [0.4, 0.5) is 0 Å². The number of nitrogens with zero attached hydrogens (tertiary/aromatic N) is 3. The number of hydrogen-bond acceptors (Lipinski definition) is 4. The van der Waals surface area contributed by atoms with Crippen molar-refractivity contribution < 1.29 is 4.74 Å². The summed E-state index contributed by atoms with van der Waals surface area (Å²) in [5, 5.41) is 7.45. The number of methoxy groups -OCH3 is 1. The summed E-state index contributed by atoms with van der Waals surface area (Å²) >= 11 is 0. The fourth-order valence-electron chi connectivity index (χ4n) is 1.73. The highest BCUT2D eigenvalue weighted by atomic mass is 16.5. The van der Waals surface area contributed by atoms with Crippen LogP contribution in [0.2, 0.25) is 0 Å². The molecular weight excluding hydrogens is 228 g/mol. The lowest BCUT2D eigenvalue weighted by atomic mass is 10.1. The number of aromatic nitrogens is 3. The number of ether oxygens (including phenoxy) is 1. The summed E-state index contributed by atoms with van der Waals surface area (Å²) in [6.45, 7) is 2.82. The Bertz CT molecular complexity index is 492. The highest BCUT2D eigenvalue weighted by Gasteiger charge is 2.07. The minimum absolute atomic E-state index is 0.257. The van der Waals surface area contributed by atoms with Crippen LogP contribution in [0.25, 0.3) is 0 Å². The van der Waals surface area contributed by atoms with E-state index in [1.54, 1.807) is 18.1 Å². The van der Waals surface area contributed by atoms with E-state index in [0.717, 1.165) is 11.6 Å². The zero-order valence-electron chi connectivity index (χ0n) is 10.9. The van der Waals surface area contributed by atoms with Gasteiger partial charge in [0.15, 0.2) is 0 Å². The van der Waals surface area contributed by atoms with Crippen molar-refractivity contribution in [3.63, 3.8) is 0 Å². The summed E-state index contributed by atoms with van der Waals surface area (Å²) in [5.41, 5.74) is 1.22. The van der Waals surface area contributed by atoms with Crippen molar-refractivity contribution in [1.82, 2.24) is 20.1 Å². The highest BCUT2D eigenvalue weighted by molar-refractivity contribution is 5.28. The molecule has 0 saturated carbocycles. The molecule has 1 unspecified atom stereocenters. The van der Waals surface area contributed by atoms with Gasteiger partial charge in [-0.05, 0) is 24.6 Å². The van der Waals surface area contributed by atoms with E-state index < -0.39 is 0 Å². The Hall–Kier alpha value is -1.88. The number of benzene rings is 1. The summed E-state index contributed by atoms with van der Waals surface area (Å²) in [4.78, 5) is 4.18. The first-order valence-corrected chi connectivity index (χ1v) is 5.91. The molecule has 2 aromatic rings. The normalized spacial score (nSPS) is 12.4. The quantitative estimate of drug-likeness (QED) is 0.872. The number of hydrogen-bond donors (Lipinski definition) is 1. The van der Waals surface area contributed by atoms with Crippen LogP contribution in [-0.2, 0) is 13.6 Å². The predicted octanol–water partition coefficient (Wildman–Crippen LogP) is 1.67. The second kappa shape index (κ2) is 5.64. The van der Waals surface area contributed by atoms with Crippen LogP contribution in [0.5, 0.6) is 5.75 Å². The van der Waals surface area contributed by atoms with E-state index in [1.807, 2.05) is 19.2 Å². The van der Waals surface area contributed by atoms with Gasteiger partial charge in [0.2, 0.25) is 0 Å². The van der Waals surface area contributed by atoms with Gasteiger partial charge in [-0.2, -0.15) is 5.10 Å². The van der Waals surface area contributed by atoms with Gasteiger partial charge in [0.25, 0.3) is 0 Å². The zero-order chi connectivity index (χ0) is 13.0. The lowest BCUT2D eigenvalue weighted by Gasteiger charge is -2.14. The van der Waals surface area contributed by atoms with Gasteiger partial charge in [0.1, 0.15) is 17.9 Å². The van der Waals surface area contributed by atoms with Crippen LogP contribution >= 0.6 is 0 Å². The Morgan fingerprint density at radius 3 is 2.61 bits per heavy atom. The second-order valence-electron chi connectivity index (χ2n) is 4.18. The van der Waals surface area contributed by atoms with E-state index >= 15 is 0 Å². The monoisotopic (exact) mass is 246 g/mol. The van der Waals surface area contributed by atoms with E-state index in [-0.39, 0.29) is 6.04 Å². The first-order valence-electron chi connectivity index (χ1n) is 5.91. The third-order valence-corrected chi connectivity index (χ3v) is 2.99. The topological polar surface area (TPSA) is 52.0 Å². The van der Waals surface area contributed by atoms with Crippen molar-refractivity contribution >= 4 is 0 Å². The van der Waals surface area contributed by atoms with Crippen LogP contribution in [0, 0.1) is 0 Å². The molecule has 1 atom stereocenters. The van der Waals surface area contributed by atoms with Gasteiger partial charge in [0.05, 0.1) is 13.7 Å². The van der Waals surface area contributed by atoms with Crippen LogP contribution < -0.4 is 10.1 Å². The van der Waals surface area contributed by atoms with Crippen LogP contribution in [0.1, 0.15) is 24.4 Å². The van der Waals surface area contributed by atoms with E-state index in [9.17, 15) is 0 Å². The van der Waals surface area contributed by atoms with Gasteiger partial charge in [-0.1, -0.05) is 12.1 Å². The Kier molecular flexibility index (Phi) is 3.94. The van der Waals surface area contributed by atoms with Gasteiger partial charge >= 0.3 is 0 Å². The maximum atomic E-state index is 5.14. The summed E-state index contributed by atoms with van der Waals surface area (Å²) in [5.74, 6) is 1.80. The minimum Gasteiger partial charge on any atom is -0.497 e. The van der Waals surface area contributed by atoms with Gasteiger partial charge in [-0.15, -0.1) is 0 Å². The molecule has 1 heterocycles. The molecule has 0 aliphatic rings. The maximum Gasteiger partial charge on any atom is 0.140 e. The van der Waals surface area contributed by atoms with E-state index in [0.29, 0.717) is 6.54 Å². The molecule has 0 fully saturated rings. The molecule has 0 aliphatic carbocycles. The van der Waals surface area contributed by atoms with Crippen LogP contribution in [0.3, 0.4) is 0 Å². The van der Waals surface area contributed by atoms with Crippen molar-refractivity contribution in [3.05, 3.63) is 42.0 Å². The van der Waals surface area contributed by atoms with Gasteiger partial charge in [-0.25, -0.2) is 4.98 Å². The maximum absolute atomic E-state index is 5.14. The van der Waals surface area contributed by atoms with Crippen molar-refractivity contribution in [3.8, 4) is 5.75 Å². The second-order valence-corrected chi connectivity index (χ2v) is 4.18. The Balaban J connectivity index is 1.94. The van der Waals surface area contributed by atoms with E-state index in [4.69, 9.17) is 4.74 Å². The highest BCUT2D eigenvalue weighted by Crippen LogP contribution is 2.17. The summed E-state index contributed by atoms with van der Waals surface area (Å²) in [6.07, 6.45) is 1.56. The standard InChI is InChI=1S/C13H18N4O/c1-10(11-4-6-12(18-3)7-5-11)14-8-13-15-9-16-17(13)2/h4-7,9-10,14H,8H2,1-3H3. The predicted molar refractivity (Wildman–Crippen MR) is 69.3 cm³/mol. The number of rotatable bonds is 5. The molecular formula is C13H18N4O. The zero-order valence-corrected chi connectivity index (χ0v) is 10.9. The average molecular weight is 246 g/mol. The molecule has 0 aliphatic heterocycles. The Morgan fingerprint density at radius 2 is 2.06 bits per heavy atom. The molecule has 0 saturated heterocycles. The molecule has 1 aromatic carbocycles. The van der Waals surface area contributed by atoms with Crippen molar-refractivity contribution in [1.29, 1.82) is 0 Å². The molecule has 5 heteroatoms. The SMILES string of the molecule is COc1ccc(C(C)NCc2ncnn2C)cc1. The first-order chi connectivity index (χ1) is 8.70. The van der Waals surface area contributed by atoms with Crippen molar-refractivity contribution in [2.24, 2.45) is 7.05 Å². The van der Waals surface area contributed by atoms with Crippen LogP contribution in [0.15, 0.2) is 30.6 Å². The average Bonchev–Trinajstić information content (AvgIpc) is 2.81. The van der Waals surface area contributed by atoms with Gasteiger partial charge < -0.3 is 10.1 Å². The Labute approximate surface area is 107 Å². The smallest absolute Gasteiger partial charge is 0.140 e. The lowest BCUT2D eigenvalue weighted by molar-refractivity contribution is 0.414. The molecule has 2 rings (SSSR count). The largest absolute Gasteiger partial charge is 0.497 e. The van der Waals surface area contributed by atoms with E-state index in [2.05, 4.69) is 34.5 Å². The van der Waals surface area contributed by atoms with Gasteiger partial charge in [0, 0.05) is 13.1 Å². The fraction of sp³-hybridized carbons (Fsp3) is 0.385. The number of nitrogens with one attached hydrogen (secondary N) is 1. The summed E-state index contributed by atoms with van der Waals surface area (Å²) < 4.78 is 6.91. The molecule has 0 amide bonds. The van der Waals surface area contributed by atoms with E-state index in [1.165, 1.54) is 5.56 Å². The summed E-state index contributed by atoms with van der Waals surface area (Å²) in [6, 6.07) is 8.32. The third kappa shape index (κ3) is 2.87. The molecule has 5 nitrogen and oxygen atoms in total. The third-order valence-electron chi connectivity index (χ3n) is 2.99. The summed E-state index contributed by atoms with van der Waals surface area (Å²) in [7, 11) is 3.56. The lowest BCUT2D eigenvalue weighted by Crippen LogP contribution is -2.20. The van der Waals surface area contributed by atoms with Crippen molar-refractivity contribution in [2.45, 2.75) is 19.5 Å². The fourth-order valence-corrected chi connectivity index (χ4v) is 1.73. The van der Waals surface area contributed by atoms with Crippen molar-refractivity contribution in [2.75, 3.05) is 7.11 Å². The minimum atomic E-state index is 0.257. The molecule has 1 N–H and O–H groups in total. The number of aryl methyl sites for hydroxylation is 1. The molecule has 96 valence electrons. The van der Waals surface area contributed by atoms with Crippen LogP contribution in [-0.4, -0.2) is 21.9 Å².